The minimum atomic E-state index is 0.00130. The van der Waals surface area contributed by atoms with Crippen molar-refractivity contribution in [2.45, 2.75) is 57.7 Å². The molecule has 1 aromatic carbocycles. The highest BCUT2D eigenvalue weighted by molar-refractivity contribution is 6.30. The Morgan fingerprint density at radius 1 is 1.33 bits per heavy atom. The fourth-order valence-corrected chi connectivity index (χ4v) is 3.67. The third-order valence-corrected chi connectivity index (χ3v) is 4.88. The van der Waals surface area contributed by atoms with Crippen LogP contribution in [0.3, 0.4) is 0 Å². The third-order valence-electron chi connectivity index (χ3n) is 4.65. The highest BCUT2D eigenvalue weighted by atomic mass is 35.5. The molecule has 0 radical (unpaired) electrons. The maximum Gasteiger partial charge on any atom is 0.0810 e. The Labute approximate surface area is 134 Å². The van der Waals surface area contributed by atoms with Crippen molar-refractivity contribution < 1.29 is 4.74 Å². The van der Waals surface area contributed by atoms with E-state index in [-0.39, 0.29) is 5.60 Å². The standard InChI is InChI=1S/C18H28ClNO/c1-3-5-15-8-10-18(11-9-15,14-20-2)21-13-16-6-4-7-17(19)12-16/h4,6-7,12,15,20H,3,5,8-11,13-14H2,1-2H3. The molecule has 2 nitrogen and oxygen atoms in total. The summed E-state index contributed by atoms with van der Waals surface area (Å²) in [4.78, 5) is 0. The second kappa shape index (κ2) is 8.17. The van der Waals surface area contributed by atoms with Crippen molar-refractivity contribution in [3.63, 3.8) is 0 Å². The highest BCUT2D eigenvalue weighted by Gasteiger charge is 2.35. The smallest absolute Gasteiger partial charge is 0.0810 e. The summed E-state index contributed by atoms with van der Waals surface area (Å²) in [5.74, 6) is 0.898. The van der Waals surface area contributed by atoms with E-state index in [1.807, 2.05) is 25.2 Å². The first-order valence-corrected chi connectivity index (χ1v) is 8.58. The molecule has 0 aliphatic heterocycles. The summed E-state index contributed by atoms with van der Waals surface area (Å²) in [6, 6.07) is 7.98. The molecular weight excluding hydrogens is 282 g/mol. The molecule has 1 fully saturated rings. The van der Waals surface area contributed by atoms with E-state index in [9.17, 15) is 0 Å². The lowest BCUT2D eigenvalue weighted by molar-refractivity contribution is -0.0856. The lowest BCUT2D eigenvalue weighted by Gasteiger charge is -2.40. The number of hydrogen-bond acceptors (Lipinski definition) is 2. The number of likely N-dealkylation sites (N-methyl/N-ethyl adjacent to an activating group) is 1. The zero-order valence-electron chi connectivity index (χ0n) is 13.3. The van der Waals surface area contributed by atoms with Crippen molar-refractivity contribution in [3.05, 3.63) is 34.9 Å². The maximum absolute atomic E-state index is 6.36. The molecule has 1 aliphatic carbocycles. The van der Waals surface area contributed by atoms with Crippen LogP contribution in [-0.4, -0.2) is 19.2 Å². The number of halogens is 1. The van der Waals surface area contributed by atoms with Gasteiger partial charge in [0.25, 0.3) is 0 Å². The van der Waals surface area contributed by atoms with Gasteiger partial charge in [-0.25, -0.2) is 0 Å². The van der Waals surface area contributed by atoms with E-state index in [4.69, 9.17) is 16.3 Å². The first kappa shape index (κ1) is 16.8. The molecule has 21 heavy (non-hydrogen) atoms. The van der Waals surface area contributed by atoms with Crippen molar-refractivity contribution in [2.75, 3.05) is 13.6 Å². The fraction of sp³-hybridized carbons (Fsp3) is 0.667. The molecule has 0 heterocycles. The Balaban J connectivity index is 1.93. The summed E-state index contributed by atoms with van der Waals surface area (Å²) >= 11 is 6.05. The molecule has 0 spiro atoms. The van der Waals surface area contributed by atoms with E-state index in [1.54, 1.807) is 0 Å². The lowest BCUT2D eigenvalue weighted by atomic mass is 9.77. The lowest BCUT2D eigenvalue weighted by Crippen LogP contribution is -2.45. The Morgan fingerprint density at radius 2 is 2.10 bits per heavy atom. The molecular formula is C18H28ClNO. The van der Waals surface area contributed by atoms with E-state index >= 15 is 0 Å². The van der Waals surface area contributed by atoms with E-state index in [0.717, 1.165) is 23.0 Å². The molecule has 0 saturated heterocycles. The molecule has 1 saturated carbocycles. The number of hydrogen-bond donors (Lipinski definition) is 1. The van der Waals surface area contributed by atoms with Crippen LogP contribution in [0.25, 0.3) is 0 Å². The van der Waals surface area contributed by atoms with Gasteiger partial charge in [0.05, 0.1) is 12.2 Å². The molecule has 1 aliphatic rings. The first-order valence-electron chi connectivity index (χ1n) is 8.20. The molecule has 2 rings (SSSR count). The normalized spacial score (nSPS) is 26.0. The average molecular weight is 310 g/mol. The Morgan fingerprint density at radius 3 is 2.71 bits per heavy atom. The van der Waals surface area contributed by atoms with Gasteiger partial charge in [-0.2, -0.15) is 0 Å². The molecule has 1 N–H and O–H groups in total. The number of rotatable bonds is 7. The van der Waals surface area contributed by atoms with E-state index < -0.39 is 0 Å². The van der Waals surface area contributed by atoms with Crippen LogP contribution in [0, 0.1) is 5.92 Å². The molecule has 0 amide bonds. The summed E-state index contributed by atoms with van der Waals surface area (Å²) in [7, 11) is 2.02. The Kier molecular flexibility index (Phi) is 6.53. The molecule has 1 aromatic rings. The second-order valence-electron chi connectivity index (χ2n) is 6.36. The van der Waals surface area contributed by atoms with Gasteiger partial charge < -0.3 is 10.1 Å². The van der Waals surface area contributed by atoms with Crippen LogP contribution in [0.15, 0.2) is 24.3 Å². The molecule has 0 aromatic heterocycles. The average Bonchev–Trinajstić information content (AvgIpc) is 2.48. The van der Waals surface area contributed by atoms with Gasteiger partial charge in [-0.3, -0.25) is 0 Å². The van der Waals surface area contributed by atoms with Gasteiger partial charge in [0, 0.05) is 11.6 Å². The van der Waals surface area contributed by atoms with Gasteiger partial charge in [0.1, 0.15) is 0 Å². The summed E-state index contributed by atoms with van der Waals surface area (Å²) in [5, 5.41) is 4.10. The monoisotopic (exact) mass is 309 g/mol. The topological polar surface area (TPSA) is 21.3 Å². The summed E-state index contributed by atoms with van der Waals surface area (Å²) in [6.07, 6.45) is 7.59. The quantitative estimate of drug-likeness (QED) is 0.780. The van der Waals surface area contributed by atoms with Gasteiger partial charge in [0.15, 0.2) is 0 Å². The van der Waals surface area contributed by atoms with Gasteiger partial charge in [-0.1, -0.05) is 43.5 Å². The van der Waals surface area contributed by atoms with Crippen LogP contribution in [0.5, 0.6) is 0 Å². The molecule has 0 atom stereocenters. The highest BCUT2D eigenvalue weighted by Crippen LogP contribution is 2.37. The largest absolute Gasteiger partial charge is 0.369 e. The van der Waals surface area contributed by atoms with E-state index in [0.29, 0.717) is 6.61 Å². The van der Waals surface area contributed by atoms with Gasteiger partial charge >= 0.3 is 0 Å². The summed E-state index contributed by atoms with van der Waals surface area (Å²) in [5.41, 5.74) is 1.16. The maximum atomic E-state index is 6.36. The van der Waals surface area contributed by atoms with Crippen molar-refractivity contribution in [1.82, 2.24) is 5.32 Å². The zero-order chi connectivity index (χ0) is 15.1. The number of benzene rings is 1. The molecule has 3 heteroatoms. The minimum Gasteiger partial charge on any atom is -0.369 e. The van der Waals surface area contributed by atoms with Crippen LogP contribution < -0.4 is 5.32 Å². The summed E-state index contributed by atoms with van der Waals surface area (Å²) in [6.45, 7) is 3.87. The predicted octanol–water partition coefficient (Wildman–Crippen LogP) is 4.81. The molecule has 0 unspecified atom stereocenters. The van der Waals surface area contributed by atoms with Crippen LogP contribution in [0.2, 0.25) is 5.02 Å². The fourth-order valence-electron chi connectivity index (χ4n) is 3.46. The van der Waals surface area contributed by atoms with Crippen LogP contribution in [0.4, 0.5) is 0 Å². The van der Waals surface area contributed by atoms with Gasteiger partial charge in [-0.15, -0.1) is 0 Å². The van der Waals surface area contributed by atoms with Crippen LogP contribution in [-0.2, 0) is 11.3 Å². The Bertz CT molecular complexity index is 427. The van der Waals surface area contributed by atoms with E-state index in [2.05, 4.69) is 18.3 Å². The van der Waals surface area contributed by atoms with Crippen LogP contribution in [0.1, 0.15) is 51.0 Å². The minimum absolute atomic E-state index is 0.00130. The van der Waals surface area contributed by atoms with Crippen LogP contribution >= 0.6 is 11.6 Å². The van der Waals surface area contributed by atoms with Crippen molar-refractivity contribution >= 4 is 11.6 Å². The van der Waals surface area contributed by atoms with Crippen molar-refractivity contribution in [1.29, 1.82) is 0 Å². The van der Waals surface area contributed by atoms with Crippen molar-refractivity contribution in [3.8, 4) is 0 Å². The Hall–Kier alpha value is -0.570. The molecule has 0 bridgehead atoms. The third kappa shape index (κ3) is 4.98. The number of nitrogens with one attached hydrogen (secondary N) is 1. The number of ether oxygens (including phenoxy) is 1. The van der Waals surface area contributed by atoms with E-state index in [1.165, 1.54) is 38.5 Å². The van der Waals surface area contributed by atoms with Crippen molar-refractivity contribution in [2.24, 2.45) is 5.92 Å². The zero-order valence-corrected chi connectivity index (χ0v) is 14.1. The first-order chi connectivity index (χ1) is 10.2. The van der Waals surface area contributed by atoms with Gasteiger partial charge in [-0.05, 0) is 56.3 Å². The van der Waals surface area contributed by atoms with Gasteiger partial charge in [0.2, 0.25) is 0 Å². The molecule has 118 valence electrons. The summed E-state index contributed by atoms with van der Waals surface area (Å²) < 4.78 is 6.36. The second-order valence-corrected chi connectivity index (χ2v) is 6.80. The predicted molar refractivity (Wildman–Crippen MR) is 89.8 cm³/mol. The SMILES string of the molecule is CCCC1CCC(CNC)(OCc2cccc(Cl)c2)CC1.